The molecule has 1 aliphatic rings. The van der Waals surface area contributed by atoms with Gasteiger partial charge in [0.2, 0.25) is 0 Å². The molecule has 34 heavy (non-hydrogen) atoms. The number of alkyl halides is 3. The highest BCUT2D eigenvalue weighted by Gasteiger charge is 2.47. The predicted octanol–water partition coefficient (Wildman–Crippen LogP) is 5.99. The van der Waals surface area contributed by atoms with Gasteiger partial charge < -0.3 is 9.84 Å². The standard InChI is InChI=1S/C25H17ClF3NO4/c1-34-19-11-7-14(8-12-19)21-20(22(31)15-5-9-17(26)10-6-15)23(32)24(33)30(21)18-4-2-3-16(13-18)25(27,28)29/h2-13,21,31H,1H3/b22-20+/t21-/m1/s1. The fourth-order valence-corrected chi connectivity index (χ4v) is 3.92. The summed E-state index contributed by atoms with van der Waals surface area (Å²) >= 11 is 5.91. The molecule has 0 unspecified atom stereocenters. The highest BCUT2D eigenvalue weighted by molar-refractivity contribution is 6.51. The van der Waals surface area contributed by atoms with Crippen LogP contribution in [0.2, 0.25) is 5.02 Å². The molecule has 1 saturated heterocycles. The van der Waals surface area contributed by atoms with E-state index in [1.165, 1.54) is 37.4 Å². The number of anilines is 1. The van der Waals surface area contributed by atoms with Crippen molar-refractivity contribution in [2.24, 2.45) is 0 Å². The summed E-state index contributed by atoms with van der Waals surface area (Å²) in [5.41, 5.74) is -0.737. The summed E-state index contributed by atoms with van der Waals surface area (Å²) < 4.78 is 45.2. The summed E-state index contributed by atoms with van der Waals surface area (Å²) in [5, 5.41) is 11.4. The van der Waals surface area contributed by atoms with Crippen molar-refractivity contribution in [1.82, 2.24) is 0 Å². The third kappa shape index (κ3) is 4.24. The van der Waals surface area contributed by atoms with E-state index >= 15 is 0 Å². The molecule has 3 aromatic rings. The lowest BCUT2D eigenvalue weighted by Gasteiger charge is -2.26. The number of aliphatic hydroxyl groups is 1. The van der Waals surface area contributed by atoms with Gasteiger partial charge in [-0.2, -0.15) is 13.2 Å². The second-order valence-electron chi connectivity index (χ2n) is 7.50. The van der Waals surface area contributed by atoms with Crippen molar-refractivity contribution < 1.29 is 32.6 Å². The van der Waals surface area contributed by atoms with Gasteiger partial charge in [0.1, 0.15) is 11.5 Å². The second kappa shape index (κ2) is 8.87. The Bertz CT molecular complexity index is 1280. The van der Waals surface area contributed by atoms with Crippen LogP contribution in [0.15, 0.2) is 78.4 Å². The lowest BCUT2D eigenvalue weighted by Crippen LogP contribution is -2.29. The zero-order valence-electron chi connectivity index (χ0n) is 17.6. The van der Waals surface area contributed by atoms with Crippen molar-refractivity contribution in [3.05, 3.63) is 100 Å². The number of halogens is 4. The molecular formula is C25H17ClF3NO4. The van der Waals surface area contributed by atoms with Gasteiger partial charge in [-0.05, 0) is 60.2 Å². The maximum atomic E-state index is 13.3. The third-order valence-electron chi connectivity index (χ3n) is 5.45. The largest absolute Gasteiger partial charge is 0.507 e. The van der Waals surface area contributed by atoms with Gasteiger partial charge >= 0.3 is 6.18 Å². The van der Waals surface area contributed by atoms with Crippen molar-refractivity contribution >= 4 is 34.7 Å². The first kappa shape index (κ1) is 23.4. The van der Waals surface area contributed by atoms with Gasteiger partial charge in [-0.3, -0.25) is 14.5 Å². The van der Waals surface area contributed by atoms with E-state index in [1.54, 1.807) is 24.3 Å². The fourth-order valence-electron chi connectivity index (χ4n) is 3.80. The fraction of sp³-hybridized carbons (Fsp3) is 0.120. The minimum atomic E-state index is -4.65. The summed E-state index contributed by atoms with van der Waals surface area (Å²) in [5.74, 6) is -2.05. The number of aliphatic hydroxyl groups excluding tert-OH is 1. The molecule has 3 aromatic carbocycles. The van der Waals surface area contributed by atoms with Gasteiger partial charge in [-0.25, -0.2) is 0 Å². The molecule has 0 saturated carbocycles. The zero-order valence-corrected chi connectivity index (χ0v) is 18.4. The Morgan fingerprint density at radius 2 is 1.65 bits per heavy atom. The Labute approximate surface area is 197 Å². The van der Waals surface area contributed by atoms with Crippen molar-refractivity contribution in [3.63, 3.8) is 0 Å². The number of carbonyl (C=O) groups excluding carboxylic acids is 2. The Kier molecular flexibility index (Phi) is 6.10. The number of ketones is 1. The van der Waals surface area contributed by atoms with Crippen LogP contribution in [0.1, 0.15) is 22.7 Å². The molecule has 1 heterocycles. The number of rotatable bonds is 4. The van der Waals surface area contributed by atoms with Crippen LogP contribution in [0.25, 0.3) is 5.76 Å². The molecule has 0 aliphatic carbocycles. The molecule has 9 heteroatoms. The van der Waals surface area contributed by atoms with E-state index in [1.807, 2.05) is 0 Å². The summed E-state index contributed by atoms with van der Waals surface area (Å²) in [4.78, 5) is 27.1. The van der Waals surface area contributed by atoms with Crippen LogP contribution in [0, 0.1) is 0 Å². The Morgan fingerprint density at radius 3 is 2.24 bits per heavy atom. The van der Waals surface area contributed by atoms with Gasteiger partial charge in [-0.1, -0.05) is 29.8 Å². The number of Topliss-reactive ketones (excluding diaryl/α,β-unsaturated/α-hetero) is 1. The van der Waals surface area contributed by atoms with Crippen LogP contribution in [0.5, 0.6) is 5.75 Å². The van der Waals surface area contributed by atoms with E-state index in [4.69, 9.17) is 16.3 Å². The molecule has 0 spiro atoms. The molecule has 4 rings (SSSR count). The molecule has 1 atom stereocenters. The van der Waals surface area contributed by atoms with Crippen molar-refractivity contribution in [2.75, 3.05) is 12.0 Å². The summed E-state index contributed by atoms with van der Waals surface area (Å²) in [7, 11) is 1.46. The average Bonchev–Trinajstić information content (AvgIpc) is 3.09. The van der Waals surface area contributed by atoms with E-state index in [0.717, 1.165) is 23.1 Å². The van der Waals surface area contributed by atoms with Gasteiger partial charge in [-0.15, -0.1) is 0 Å². The Morgan fingerprint density at radius 1 is 1.00 bits per heavy atom. The summed E-state index contributed by atoms with van der Waals surface area (Å²) in [6, 6.07) is 15.2. The first-order valence-corrected chi connectivity index (χ1v) is 10.4. The van der Waals surface area contributed by atoms with E-state index < -0.39 is 35.2 Å². The number of hydrogen-bond donors (Lipinski definition) is 1. The second-order valence-corrected chi connectivity index (χ2v) is 7.93. The van der Waals surface area contributed by atoms with E-state index in [0.29, 0.717) is 16.3 Å². The smallest absolute Gasteiger partial charge is 0.416 e. The Balaban J connectivity index is 1.93. The lowest BCUT2D eigenvalue weighted by atomic mass is 9.95. The molecule has 1 N–H and O–H groups in total. The lowest BCUT2D eigenvalue weighted by molar-refractivity contribution is -0.137. The Hall–Kier alpha value is -3.78. The maximum absolute atomic E-state index is 13.3. The predicted molar refractivity (Wildman–Crippen MR) is 121 cm³/mol. The summed E-state index contributed by atoms with van der Waals surface area (Å²) in [6.45, 7) is 0. The van der Waals surface area contributed by atoms with Gasteiger partial charge in [0.15, 0.2) is 0 Å². The molecular weight excluding hydrogens is 471 g/mol. The van der Waals surface area contributed by atoms with Gasteiger partial charge in [0.05, 0.1) is 24.3 Å². The maximum Gasteiger partial charge on any atom is 0.416 e. The first-order chi connectivity index (χ1) is 16.1. The van der Waals surface area contributed by atoms with E-state index in [-0.39, 0.29) is 16.8 Å². The van der Waals surface area contributed by atoms with Crippen LogP contribution < -0.4 is 9.64 Å². The highest BCUT2D eigenvalue weighted by Crippen LogP contribution is 2.43. The molecule has 1 aliphatic heterocycles. The highest BCUT2D eigenvalue weighted by atomic mass is 35.5. The number of hydrogen-bond acceptors (Lipinski definition) is 4. The number of benzene rings is 3. The van der Waals surface area contributed by atoms with Crippen LogP contribution in [0.3, 0.4) is 0 Å². The number of methoxy groups -OCH3 is 1. The van der Waals surface area contributed by atoms with Crippen molar-refractivity contribution in [2.45, 2.75) is 12.2 Å². The van der Waals surface area contributed by atoms with Crippen LogP contribution in [-0.4, -0.2) is 23.9 Å². The van der Waals surface area contributed by atoms with E-state index in [9.17, 15) is 27.9 Å². The third-order valence-corrected chi connectivity index (χ3v) is 5.70. The quantitative estimate of drug-likeness (QED) is 0.279. The molecule has 174 valence electrons. The SMILES string of the molecule is COc1ccc([C@@H]2/C(=C(\O)c3ccc(Cl)cc3)C(=O)C(=O)N2c2cccc(C(F)(F)F)c2)cc1. The summed E-state index contributed by atoms with van der Waals surface area (Å²) in [6.07, 6.45) is -4.65. The van der Waals surface area contributed by atoms with Crippen LogP contribution in [-0.2, 0) is 15.8 Å². The van der Waals surface area contributed by atoms with Gasteiger partial charge in [0.25, 0.3) is 11.7 Å². The molecule has 0 bridgehead atoms. The number of amides is 1. The van der Waals surface area contributed by atoms with Crippen LogP contribution >= 0.6 is 11.6 Å². The molecule has 5 nitrogen and oxygen atoms in total. The number of nitrogens with zero attached hydrogens (tertiary/aromatic N) is 1. The topological polar surface area (TPSA) is 66.8 Å². The van der Waals surface area contributed by atoms with Crippen molar-refractivity contribution in [3.8, 4) is 5.75 Å². The number of carbonyl (C=O) groups is 2. The number of ether oxygens (including phenoxy) is 1. The first-order valence-electron chi connectivity index (χ1n) is 10.00. The minimum absolute atomic E-state index is 0.132. The van der Waals surface area contributed by atoms with Crippen LogP contribution in [0.4, 0.5) is 18.9 Å². The molecule has 0 radical (unpaired) electrons. The monoisotopic (exact) mass is 487 g/mol. The average molecular weight is 488 g/mol. The molecule has 0 aromatic heterocycles. The van der Waals surface area contributed by atoms with Crippen molar-refractivity contribution in [1.29, 1.82) is 0 Å². The van der Waals surface area contributed by atoms with Gasteiger partial charge in [0, 0.05) is 16.3 Å². The molecule has 1 amide bonds. The zero-order chi connectivity index (χ0) is 24.6. The minimum Gasteiger partial charge on any atom is -0.507 e. The normalized spacial score (nSPS) is 17.8. The molecule has 1 fully saturated rings. The van der Waals surface area contributed by atoms with E-state index in [2.05, 4.69) is 0 Å².